The van der Waals surface area contributed by atoms with Crippen LogP contribution in [-0.2, 0) is 16.4 Å². The molecular weight excluding hydrogens is 314 g/mol. The van der Waals surface area contributed by atoms with Crippen molar-refractivity contribution < 1.29 is 13.2 Å². The van der Waals surface area contributed by atoms with Crippen LogP contribution in [0.4, 0.5) is 4.79 Å². The van der Waals surface area contributed by atoms with Gasteiger partial charge in [-0.1, -0.05) is 24.3 Å². The lowest BCUT2D eigenvalue weighted by Gasteiger charge is -2.31. The van der Waals surface area contributed by atoms with Gasteiger partial charge in [0.05, 0.1) is 12.3 Å². The summed E-state index contributed by atoms with van der Waals surface area (Å²) in [4.78, 5) is 12.2. The lowest BCUT2D eigenvalue weighted by molar-refractivity contribution is 0.224. The summed E-state index contributed by atoms with van der Waals surface area (Å²) < 4.78 is 24.4. The Hall–Kier alpha value is -1.60. The van der Waals surface area contributed by atoms with E-state index in [1.807, 2.05) is 12.1 Å². The van der Waals surface area contributed by atoms with Crippen LogP contribution < -0.4 is 10.6 Å². The summed E-state index contributed by atoms with van der Waals surface area (Å²) in [7, 11) is -3.12. The number of nitrogens with zero attached hydrogens (tertiary/aromatic N) is 1. The van der Waals surface area contributed by atoms with E-state index in [-0.39, 0.29) is 18.1 Å². The highest BCUT2D eigenvalue weighted by molar-refractivity contribution is 7.88. The molecule has 0 aromatic heterocycles. The number of hydrogen-bond acceptors (Lipinski definition) is 3. The second-order valence-electron chi connectivity index (χ2n) is 6.34. The molecule has 3 rings (SSSR count). The van der Waals surface area contributed by atoms with Crippen LogP contribution in [0.1, 0.15) is 36.4 Å². The number of nitrogens with one attached hydrogen (secondary N) is 2. The Morgan fingerprint density at radius 2 is 1.83 bits per heavy atom. The summed E-state index contributed by atoms with van der Waals surface area (Å²) >= 11 is 0. The zero-order valence-electron chi connectivity index (χ0n) is 13.3. The molecule has 1 saturated heterocycles. The van der Waals surface area contributed by atoms with Gasteiger partial charge in [0.25, 0.3) is 0 Å². The molecule has 1 aliphatic heterocycles. The first-order valence-corrected chi connectivity index (χ1v) is 9.88. The molecule has 0 saturated carbocycles. The molecule has 23 heavy (non-hydrogen) atoms. The van der Waals surface area contributed by atoms with Crippen molar-refractivity contribution in [2.45, 2.75) is 37.8 Å². The van der Waals surface area contributed by atoms with Crippen LogP contribution in [0.25, 0.3) is 0 Å². The van der Waals surface area contributed by atoms with Crippen LogP contribution in [-0.4, -0.2) is 44.1 Å². The number of urea groups is 1. The second-order valence-corrected chi connectivity index (χ2v) is 8.33. The fourth-order valence-electron chi connectivity index (χ4n) is 3.42. The predicted octanol–water partition coefficient (Wildman–Crippen LogP) is 1.40. The topological polar surface area (TPSA) is 78.5 Å². The van der Waals surface area contributed by atoms with Gasteiger partial charge in [0.1, 0.15) is 0 Å². The van der Waals surface area contributed by atoms with Crippen LogP contribution in [0.5, 0.6) is 0 Å². The van der Waals surface area contributed by atoms with Crippen LogP contribution in [0, 0.1) is 0 Å². The first-order chi connectivity index (χ1) is 10.9. The standard InChI is InChI=1S/C16H23N3O3S/c1-23(21,22)19-10-8-13(9-11-19)17-16(20)18-15-7-6-12-4-2-3-5-14(12)15/h2-5,13,15H,6-11H2,1H3,(H2,17,18,20). The van der Waals surface area contributed by atoms with E-state index in [9.17, 15) is 13.2 Å². The number of amides is 2. The molecule has 1 aliphatic carbocycles. The molecule has 7 heteroatoms. The molecule has 2 aliphatic rings. The Morgan fingerprint density at radius 3 is 2.52 bits per heavy atom. The molecule has 1 heterocycles. The zero-order chi connectivity index (χ0) is 16.4. The highest BCUT2D eigenvalue weighted by Crippen LogP contribution is 2.30. The van der Waals surface area contributed by atoms with Crippen LogP contribution in [0.2, 0.25) is 0 Å². The lowest BCUT2D eigenvalue weighted by atomic mass is 10.1. The highest BCUT2D eigenvalue weighted by atomic mass is 32.2. The Morgan fingerprint density at radius 1 is 1.13 bits per heavy atom. The van der Waals surface area contributed by atoms with Crippen molar-refractivity contribution in [1.82, 2.24) is 14.9 Å². The number of carbonyl (C=O) groups is 1. The largest absolute Gasteiger partial charge is 0.335 e. The van der Waals surface area contributed by atoms with E-state index in [1.54, 1.807) is 0 Å². The maximum atomic E-state index is 12.2. The van der Waals surface area contributed by atoms with E-state index < -0.39 is 10.0 Å². The molecular formula is C16H23N3O3S. The number of carbonyl (C=O) groups excluding carboxylic acids is 1. The SMILES string of the molecule is CS(=O)(=O)N1CCC(NC(=O)NC2CCc3ccccc32)CC1. The van der Waals surface area contributed by atoms with Crippen molar-refractivity contribution in [2.75, 3.05) is 19.3 Å². The average Bonchev–Trinajstić information content (AvgIpc) is 2.90. The maximum absolute atomic E-state index is 12.2. The third kappa shape index (κ3) is 3.84. The van der Waals surface area contributed by atoms with Crippen molar-refractivity contribution in [1.29, 1.82) is 0 Å². The summed E-state index contributed by atoms with van der Waals surface area (Å²) in [5.74, 6) is 0. The van der Waals surface area contributed by atoms with Gasteiger partial charge in [0, 0.05) is 19.1 Å². The smallest absolute Gasteiger partial charge is 0.315 e. The number of benzene rings is 1. The van der Waals surface area contributed by atoms with Crippen molar-refractivity contribution in [2.24, 2.45) is 0 Å². The molecule has 2 N–H and O–H groups in total. The molecule has 6 nitrogen and oxygen atoms in total. The van der Waals surface area contributed by atoms with Crippen molar-refractivity contribution in [3.63, 3.8) is 0 Å². The molecule has 1 atom stereocenters. The molecule has 126 valence electrons. The minimum atomic E-state index is -3.12. The molecule has 0 spiro atoms. The summed E-state index contributed by atoms with van der Waals surface area (Å²) in [6, 6.07) is 8.14. The minimum absolute atomic E-state index is 0.0321. The molecule has 0 radical (unpaired) electrons. The van der Waals surface area contributed by atoms with Crippen LogP contribution in [0.15, 0.2) is 24.3 Å². The Bertz CT molecular complexity index is 682. The van der Waals surface area contributed by atoms with Crippen LogP contribution in [0.3, 0.4) is 0 Å². The highest BCUT2D eigenvalue weighted by Gasteiger charge is 2.27. The average molecular weight is 337 g/mol. The quantitative estimate of drug-likeness (QED) is 0.875. The molecule has 2 amide bonds. The predicted molar refractivity (Wildman–Crippen MR) is 88.6 cm³/mol. The molecule has 1 unspecified atom stereocenters. The number of aryl methyl sites for hydroxylation is 1. The van der Waals surface area contributed by atoms with E-state index in [0.29, 0.717) is 25.9 Å². The number of piperidine rings is 1. The van der Waals surface area contributed by atoms with E-state index in [0.717, 1.165) is 12.8 Å². The van der Waals surface area contributed by atoms with E-state index in [2.05, 4.69) is 22.8 Å². The first-order valence-electron chi connectivity index (χ1n) is 8.03. The van der Waals surface area contributed by atoms with Gasteiger partial charge >= 0.3 is 6.03 Å². The minimum Gasteiger partial charge on any atom is -0.335 e. The van der Waals surface area contributed by atoms with E-state index in [4.69, 9.17) is 0 Å². The van der Waals surface area contributed by atoms with Gasteiger partial charge in [-0.15, -0.1) is 0 Å². The maximum Gasteiger partial charge on any atom is 0.315 e. The fraction of sp³-hybridized carbons (Fsp3) is 0.562. The van der Waals surface area contributed by atoms with Crippen molar-refractivity contribution in [3.8, 4) is 0 Å². The summed E-state index contributed by atoms with van der Waals surface area (Å²) in [5.41, 5.74) is 2.51. The Kier molecular flexibility index (Phi) is 4.59. The van der Waals surface area contributed by atoms with Gasteiger partial charge in [-0.2, -0.15) is 0 Å². The Balaban J connectivity index is 1.50. The number of sulfonamides is 1. The molecule has 0 bridgehead atoms. The number of hydrogen-bond donors (Lipinski definition) is 2. The number of fused-ring (bicyclic) bond motifs is 1. The van der Waals surface area contributed by atoms with Gasteiger partial charge in [-0.25, -0.2) is 17.5 Å². The van der Waals surface area contributed by atoms with Crippen molar-refractivity contribution in [3.05, 3.63) is 35.4 Å². The third-order valence-electron chi connectivity index (χ3n) is 4.70. The van der Waals surface area contributed by atoms with Gasteiger partial charge in [0.2, 0.25) is 10.0 Å². The first kappa shape index (κ1) is 16.3. The monoisotopic (exact) mass is 337 g/mol. The third-order valence-corrected chi connectivity index (χ3v) is 6.00. The van der Waals surface area contributed by atoms with Gasteiger partial charge in [-0.05, 0) is 36.8 Å². The summed E-state index contributed by atoms with van der Waals surface area (Å²) in [5, 5.41) is 6.02. The molecule has 1 fully saturated rings. The summed E-state index contributed by atoms with van der Waals surface area (Å²) in [6.45, 7) is 0.937. The normalized spacial score (nSPS) is 22.6. The summed E-state index contributed by atoms with van der Waals surface area (Å²) in [6.07, 6.45) is 4.46. The van der Waals surface area contributed by atoms with Gasteiger partial charge in [-0.3, -0.25) is 0 Å². The van der Waals surface area contributed by atoms with Crippen molar-refractivity contribution >= 4 is 16.1 Å². The zero-order valence-corrected chi connectivity index (χ0v) is 14.1. The van der Waals surface area contributed by atoms with E-state index in [1.165, 1.54) is 21.7 Å². The lowest BCUT2D eigenvalue weighted by Crippen LogP contribution is -2.49. The second kappa shape index (κ2) is 6.49. The fourth-order valence-corrected chi connectivity index (χ4v) is 4.30. The van der Waals surface area contributed by atoms with E-state index >= 15 is 0 Å². The van der Waals surface area contributed by atoms with Gasteiger partial charge < -0.3 is 10.6 Å². The van der Waals surface area contributed by atoms with Gasteiger partial charge in [0.15, 0.2) is 0 Å². The number of rotatable bonds is 3. The molecule has 1 aromatic rings. The molecule has 1 aromatic carbocycles. The van der Waals surface area contributed by atoms with Crippen LogP contribution >= 0.6 is 0 Å². The Labute approximate surface area is 137 Å².